The van der Waals surface area contributed by atoms with Gasteiger partial charge in [0.15, 0.2) is 0 Å². The van der Waals surface area contributed by atoms with E-state index in [1.807, 2.05) is 0 Å². The van der Waals surface area contributed by atoms with Gasteiger partial charge in [-0.05, 0) is 29.4 Å². The Morgan fingerprint density at radius 3 is 3.07 bits per heavy atom. The second-order valence-corrected chi connectivity index (χ2v) is 5.15. The van der Waals surface area contributed by atoms with Crippen LogP contribution in [0.15, 0.2) is 17.5 Å². The van der Waals surface area contributed by atoms with Crippen molar-refractivity contribution in [3.05, 3.63) is 33.0 Å². The third-order valence-electron chi connectivity index (χ3n) is 2.26. The van der Waals surface area contributed by atoms with Crippen LogP contribution in [0.5, 0.6) is 0 Å². The Morgan fingerprint density at radius 2 is 2.40 bits per heavy atom. The van der Waals surface area contributed by atoms with Gasteiger partial charge in [0.2, 0.25) is 0 Å². The van der Waals surface area contributed by atoms with Crippen molar-refractivity contribution in [2.45, 2.75) is 25.8 Å². The number of nitrogens with two attached hydrogens (primary N) is 1. The molecule has 2 N–H and O–H groups in total. The van der Waals surface area contributed by atoms with E-state index in [1.54, 1.807) is 11.3 Å². The standard InChI is InChI=1S/C10H13N3S2/c1-2-9-10(15-13-12-9)8(11)6-7-4-3-5-14-7/h3-5,8H,2,6,11H2,1H3. The zero-order chi connectivity index (χ0) is 10.7. The maximum absolute atomic E-state index is 6.14. The summed E-state index contributed by atoms with van der Waals surface area (Å²) in [5.74, 6) is 0. The first-order valence-electron chi connectivity index (χ1n) is 4.90. The average molecular weight is 239 g/mol. The monoisotopic (exact) mass is 239 g/mol. The summed E-state index contributed by atoms with van der Waals surface area (Å²) in [6.45, 7) is 2.08. The number of thiophene rings is 1. The summed E-state index contributed by atoms with van der Waals surface area (Å²) >= 11 is 3.17. The fraction of sp³-hybridized carbons (Fsp3) is 0.400. The maximum atomic E-state index is 6.14. The molecule has 0 saturated heterocycles. The Labute approximate surface area is 97.1 Å². The van der Waals surface area contributed by atoms with Gasteiger partial charge in [0.05, 0.1) is 10.6 Å². The normalized spacial score (nSPS) is 12.9. The number of aromatic nitrogens is 2. The fourth-order valence-corrected chi connectivity index (χ4v) is 2.98. The first-order chi connectivity index (χ1) is 7.31. The van der Waals surface area contributed by atoms with Crippen molar-refractivity contribution in [2.24, 2.45) is 5.73 Å². The van der Waals surface area contributed by atoms with E-state index in [0.717, 1.165) is 23.4 Å². The van der Waals surface area contributed by atoms with Crippen LogP contribution < -0.4 is 5.73 Å². The van der Waals surface area contributed by atoms with Crippen LogP contribution in [0.3, 0.4) is 0 Å². The molecular weight excluding hydrogens is 226 g/mol. The van der Waals surface area contributed by atoms with Crippen LogP contribution in [-0.4, -0.2) is 9.59 Å². The molecule has 80 valence electrons. The molecule has 15 heavy (non-hydrogen) atoms. The highest BCUT2D eigenvalue weighted by molar-refractivity contribution is 7.10. The van der Waals surface area contributed by atoms with Crippen LogP contribution in [0.2, 0.25) is 0 Å². The number of nitrogens with zero attached hydrogens (tertiary/aromatic N) is 2. The molecule has 0 spiro atoms. The lowest BCUT2D eigenvalue weighted by atomic mass is 10.1. The molecule has 3 nitrogen and oxygen atoms in total. The van der Waals surface area contributed by atoms with E-state index in [4.69, 9.17) is 5.73 Å². The highest BCUT2D eigenvalue weighted by Crippen LogP contribution is 2.24. The van der Waals surface area contributed by atoms with Crippen LogP contribution in [0, 0.1) is 0 Å². The molecule has 0 saturated carbocycles. The first-order valence-corrected chi connectivity index (χ1v) is 6.55. The van der Waals surface area contributed by atoms with Crippen LogP contribution in [-0.2, 0) is 12.8 Å². The molecule has 0 aliphatic rings. The topological polar surface area (TPSA) is 51.8 Å². The summed E-state index contributed by atoms with van der Waals surface area (Å²) in [6, 6.07) is 4.21. The predicted molar refractivity (Wildman–Crippen MR) is 64.2 cm³/mol. The van der Waals surface area contributed by atoms with E-state index in [0.29, 0.717) is 0 Å². The Kier molecular flexibility index (Phi) is 3.45. The molecule has 1 atom stereocenters. The van der Waals surface area contributed by atoms with Gasteiger partial charge in [0.25, 0.3) is 0 Å². The van der Waals surface area contributed by atoms with Gasteiger partial charge in [0.1, 0.15) is 0 Å². The Hall–Kier alpha value is -0.780. The van der Waals surface area contributed by atoms with Crippen LogP contribution in [0.4, 0.5) is 0 Å². The highest BCUT2D eigenvalue weighted by Gasteiger charge is 2.15. The molecule has 0 amide bonds. The summed E-state index contributed by atoms with van der Waals surface area (Å²) in [7, 11) is 0. The predicted octanol–water partition coefficient (Wildman–Crippen LogP) is 2.40. The molecule has 5 heteroatoms. The number of rotatable bonds is 4. The molecule has 1 unspecified atom stereocenters. The third-order valence-corrected chi connectivity index (χ3v) is 4.06. The maximum Gasteiger partial charge on any atom is 0.0801 e. The van der Waals surface area contributed by atoms with E-state index in [1.165, 1.54) is 16.4 Å². The van der Waals surface area contributed by atoms with E-state index < -0.39 is 0 Å². The van der Waals surface area contributed by atoms with Crippen molar-refractivity contribution in [3.8, 4) is 0 Å². The van der Waals surface area contributed by atoms with Gasteiger partial charge in [-0.3, -0.25) is 0 Å². The van der Waals surface area contributed by atoms with E-state index in [9.17, 15) is 0 Å². The van der Waals surface area contributed by atoms with Crippen LogP contribution >= 0.6 is 22.9 Å². The summed E-state index contributed by atoms with van der Waals surface area (Å²) in [6.07, 6.45) is 1.79. The van der Waals surface area contributed by atoms with E-state index in [2.05, 4.69) is 34.0 Å². The smallest absolute Gasteiger partial charge is 0.0801 e. The molecule has 0 aliphatic heterocycles. The van der Waals surface area contributed by atoms with Crippen molar-refractivity contribution in [1.82, 2.24) is 9.59 Å². The zero-order valence-electron chi connectivity index (χ0n) is 8.51. The van der Waals surface area contributed by atoms with Crippen molar-refractivity contribution in [1.29, 1.82) is 0 Å². The zero-order valence-corrected chi connectivity index (χ0v) is 10.1. The van der Waals surface area contributed by atoms with Gasteiger partial charge in [-0.2, -0.15) is 0 Å². The molecule has 0 radical (unpaired) electrons. The molecule has 2 rings (SSSR count). The van der Waals surface area contributed by atoms with Crippen molar-refractivity contribution in [3.63, 3.8) is 0 Å². The molecule has 2 aromatic rings. The molecule has 2 aromatic heterocycles. The fourth-order valence-electron chi connectivity index (χ4n) is 1.48. The van der Waals surface area contributed by atoms with Gasteiger partial charge in [-0.25, -0.2) is 0 Å². The number of aryl methyl sites for hydroxylation is 1. The second-order valence-electron chi connectivity index (χ2n) is 3.33. The summed E-state index contributed by atoms with van der Waals surface area (Å²) < 4.78 is 3.96. The molecule has 0 bridgehead atoms. The largest absolute Gasteiger partial charge is 0.323 e. The van der Waals surface area contributed by atoms with E-state index >= 15 is 0 Å². The highest BCUT2D eigenvalue weighted by atomic mass is 32.1. The van der Waals surface area contributed by atoms with E-state index in [-0.39, 0.29) is 6.04 Å². The lowest BCUT2D eigenvalue weighted by Crippen LogP contribution is -2.13. The first kappa shape index (κ1) is 10.7. The SMILES string of the molecule is CCc1nnsc1C(N)Cc1cccs1. The summed E-state index contributed by atoms with van der Waals surface area (Å²) in [4.78, 5) is 2.45. The average Bonchev–Trinajstić information content (AvgIpc) is 2.86. The third kappa shape index (κ3) is 2.42. The Bertz CT molecular complexity index is 408. The van der Waals surface area contributed by atoms with Gasteiger partial charge in [0, 0.05) is 17.3 Å². The van der Waals surface area contributed by atoms with Crippen LogP contribution in [0.1, 0.15) is 28.4 Å². The lowest BCUT2D eigenvalue weighted by molar-refractivity contribution is 0.730. The minimum atomic E-state index is 0.0404. The Morgan fingerprint density at radius 1 is 1.53 bits per heavy atom. The quantitative estimate of drug-likeness (QED) is 0.891. The molecular formula is C10H13N3S2. The lowest BCUT2D eigenvalue weighted by Gasteiger charge is -2.08. The number of hydrogen-bond donors (Lipinski definition) is 1. The van der Waals surface area contributed by atoms with Crippen molar-refractivity contribution in [2.75, 3.05) is 0 Å². The minimum absolute atomic E-state index is 0.0404. The van der Waals surface area contributed by atoms with Gasteiger partial charge in [-0.1, -0.05) is 17.5 Å². The molecule has 0 fully saturated rings. The summed E-state index contributed by atoms with van der Waals surface area (Å²) in [5.41, 5.74) is 7.19. The minimum Gasteiger partial charge on any atom is -0.323 e. The van der Waals surface area contributed by atoms with Crippen LogP contribution in [0.25, 0.3) is 0 Å². The van der Waals surface area contributed by atoms with Gasteiger partial charge < -0.3 is 5.73 Å². The summed E-state index contributed by atoms with van der Waals surface area (Å²) in [5, 5.41) is 6.15. The second kappa shape index (κ2) is 4.83. The van der Waals surface area contributed by atoms with Gasteiger partial charge in [-0.15, -0.1) is 16.4 Å². The van der Waals surface area contributed by atoms with Gasteiger partial charge >= 0.3 is 0 Å². The Balaban J connectivity index is 2.11. The molecule has 2 heterocycles. The molecule has 0 aromatic carbocycles. The van der Waals surface area contributed by atoms with Crippen molar-refractivity contribution >= 4 is 22.9 Å². The molecule has 0 aliphatic carbocycles. The number of hydrogen-bond acceptors (Lipinski definition) is 5. The van der Waals surface area contributed by atoms with Crippen molar-refractivity contribution < 1.29 is 0 Å².